The number of allylic oxidation sites excluding steroid dienone is 4. The van der Waals surface area contributed by atoms with E-state index in [1.54, 1.807) is 0 Å². The molecule has 1 nitrogen and oxygen atoms in total. The molecule has 0 fully saturated rings. The molecule has 0 aromatic heterocycles. The quantitative estimate of drug-likeness (QED) is 0.707. The third kappa shape index (κ3) is 1.85. The van der Waals surface area contributed by atoms with E-state index in [1.165, 1.54) is 33.4 Å². The Morgan fingerprint density at radius 3 is 2.36 bits per heavy atom. The molecule has 1 heteroatoms. The Kier molecular flexibility index (Phi) is 2.80. The maximum absolute atomic E-state index is 6.02. The molecule has 2 aliphatic rings. The van der Waals surface area contributed by atoms with Crippen molar-refractivity contribution in [3.63, 3.8) is 0 Å². The number of nitrogens with two attached hydrogens (primary N) is 1. The molecule has 0 bridgehead atoms. The predicted octanol–water partition coefficient (Wildman–Crippen LogP) is 5.31. The van der Waals surface area contributed by atoms with E-state index < -0.39 is 0 Å². The van der Waals surface area contributed by atoms with Crippen LogP contribution in [0.5, 0.6) is 0 Å². The number of rotatable bonds is 1. The minimum absolute atomic E-state index is 0.00893. The van der Waals surface area contributed by atoms with Gasteiger partial charge in [0, 0.05) is 11.1 Å². The Labute approximate surface area is 132 Å². The van der Waals surface area contributed by atoms with Gasteiger partial charge in [0.05, 0.1) is 0 Å². The SMILES string of the molecule is CC1(C)c2cc(N)ccc2-c2ccc(C3=CCCC=C3)cc21. The van der Waals surface area contributed by atoms with E-state index in [2.05, 4.69) is 62.4 Å². The molecule has 2 aromatic rings. The van der Waals surface area contributed by atoms with Crippen LogP contribution >= 0.6 is 0 Å². The predicted molar refractivity (Wildman–Crippen MR) is 94.8 cm³/mol. The zero-order valence-electron chi connectivity index (χ0n) is 13.2. The molecule has 2 N–H and O–H groups in total. The maximum Gasteiger partial charge on any atom is 0.0317 e. The van der Waals surface area contributed by atoms with Gasteiger partial charge in [-0.1, -0.05) is 50.3 Å². The van der Waals surface area contributed by atoms with Crippen LogP contribution < -0.4 is 5.73 Å². The molecule has 0 unspecified atom stereocenters. The fraction of sp³-hybridized carbons (Fsp3) is 0.238. The standard InChI is InChI=1S/C21H21N/c1-21(2)19-12-15(14-6-4-3-5-7-14)8-10-17(19)18-11-9-16(22)13-20(18)21/h4,6-13H,3,5,22H2,1-2H3. The van der Waals surface area contributed by atoms with Crippen molar-refractivity contribution in [2.45, 2.75) is 32.1 Å². The highest BCUT2D eigenvalue weighted by atomic mass is 14.5. The molecule has 22 heavy (non-hydrogen) atoms. The van der Waals surface area contributed by atoms with Crippen LogP contribution in [0.3, 0.4) is 0 Å². The highest BCUT2D eigenvalue weighted by Gasteiger charge is 2.35. The molecule has 0 saturated carbocycles. The molecular weight excluding hydrogens is 266 g/mol. The number of hydrogen-bond acceptors (Lipinski definition) is 1. The molecule has 0 saturated heterocycles. The summed E-state index contributed by atoms with van der Waals surface area (Å²) in [4.78, 5) is 0. The molecular formula is C21H21N. The van der Waals surface area contributed by atoms with Crippen LogP contribution in [0.4, 0.5) is 5.69 Å². The van der Waals surface area contributed by atoms with Crippen molar-refractivity contribution in [2.75, 3.05) is 5.73 Å². The highest BCUT2D eigenvalue weighted by Crippen LogP contribution is 2.49. The normalized spacial score (nSPS) is 17.8. The number of benzene rings is 2. The zero-order chi connectivity index (χ0) is 15.3. The average molecular weight is 287 g/mol. The first-order chi connectivity index (χ1) is 10.6. The Bertz CT molecular complexity index is 822. The molecule has 0 spiro atoms. The molecule has 2 aromatic carbocycles. The van der Waals surface area contributed by atoms with Gasteiger partial charge in [-0.05, 0) is 64.4 Å². The van der Waals surface area contributed by atoms with Crippen LogP contribution in [0.15, 0.2) is 54.6 Å². The minimum atomic E-state index is 0.00893. The van der Waals surface area contributed by atoms with E-state index in [0.717, 1.165) is 18.5 Å². The molecule has 0 heterocycles. The van der Waals surface area contributed by atoms with Crippen LogP contribution in [0.1, 0.15) is 43.4 Å². The van der Waals surface area contributed by atoms with Crippen molar-refractivity contribution in [1.82, 2.24) is 0 Å². The lowest BCUT2D eigenvalue weighted by atomic mass is 9.81. The van der Waals surface area contributed by atoms with E-state index in [1.807, 2.05) is 6.07 Å². The van der Waals surface area contributed by atoms with Gasteiger partial charge in [0.2, 0.25) is 0 Å². The van der Waals surface area contributed by atoms with Gasteiger partial charge >= 0.3 is 0 Å². The summed E-state index contributed by atoms with van der Waals surface area (Å²) in [6, 6.07) is 13.2. The lowest BCUT2D eigenvalue weighted by molar-refractivity contribution is 0.660. The van der Waals surface area contributed by atoms with Crippen molar-refractivity contribution < 1.29 is 0 Å². The molecule has 110 valence electrons. The van der Waals surface area contributed by atoms with E-state index in [9.17, 15) is 0 Å². The number of hydrogen-bond donors (Lipinski definition) is 1. The van der Waals surface area contributed by atoms with Crippen molar-refractivity contribution in [3.8, 4) is 11.1 Å². The van der Waals surface area contributed by atoms with Gasteiger partial charge in [-0.25, -0.2) is 0 Å². The summed E-state index contributed by atoms with van der Waals surface area (Å²) < 4.78 is 0. The zero-order valence-corrected chi connectivity index (χ0v) is 13.2. The van der Waals surface area contributed by atoms with E-state index in [0.29, 0.717) is 0 Å². The molecule has 0 amide bonds. The van der Waals surface area contributed by atoms with E-state index >= 15 is 0 Å². The fourth-order valence-corrected chi connectivity index (χ4v) is 3.76. The third-order valence-electron chi connectivity index (χ3n) is 5.03. The van der Waals surface area contributed by atoms with Crippen molar-refractivity contribution >= 4 is 11.3 Å². The Morgan fingerprint density at radius 2 is 1.64 bits per heavy atom. The van der Waals surface area contributed by atoms with Gasteiger partial charge in [-0.3, -0.25) is 0 Å². The lowest BCUT2D eigenvalue weighted by Gasteiger charge is -2.22. The molecule has 2 aliphatic carbocycles. The van der Waals surface area contributed by atoms with Gasteiger partial charge < -0.3 is 5.73 Å². The second-order valence-corrected chi connectivity index (χ2v) is 6.83. The fourth-order valence-electron chi connectivity index (χ4n) is 3.76. The number of nitrogen functional groups attached to an aromatic ring is 1. The minimum Gasteiger partial charge on any atom is -0.399 e. The summed E-state index contributed by atoms with van der Waals surface area (Å²) in [7, 11) is 0. The van der Waals surface area contributed by atoms with Gasteiger partial charge in [-0.2, -0.15) is 0 Å². The first-order valence-electron chi connectivity index (χ1n) is 7.99. The van der Waals surface area contributed by atoms with Crippen molar-refractivity contribution in [2.24, 2.45) is 0 Å². The summed E-state index contributed by atoms with van der Waals surface area (Å²) in [6.07, 6.45) is 9.16. The molecule has 4 rings (SSSR count). The molecule has 0 aliphatic heterocycles. The number of anilines is 1. The summed E-state index contributed by atoms with van der Waals surface area (Å²) >= 11 is 0. The first-order valence-corrected chi connectivity index (χ1v) is 7.99. The van der Waals surface area contributed by atoms with Crippen molar-refractivity contribution in [3.05, 3.63) is 71.3 Å². The Balaban J connectivity index is 1.89. The summed E-state index contributed by atoms with van der Waals surface area (Å²) in [5, 5.41) is 0. The second kappa shape index (κ2) is 4.61. The van der Waals surface area contributed by atoms with Gasteiger partial charge in [0.1, 0.15) is 0 Å². The van der Waals surface area contributed by atoms with Crippen LogP contribution in [-0.2, 0) is 5.41 Å². The topological polar surface area (TPSA) is 26.0 Å². The van der Waals surface area contributed by atoms with Crippen LogP contribution in [0, 0.1) is 0 Å². The Morgan fingerprint density at radius 1 is 0.909 bits per heavy atom. The van der Waals surface area contributed by atoms with Crippen molar-refractivity contribution in [1.29, 1.82) is 0 Å². The van der Waals surface area contributed by atoms with Gasteiger partial charge in [0.25, 0.3) is 0 Å². The monoisotopic (exact) mass is 287 g/mol. The lowest BCUT2D eigenvalue weighted by Crippen LogP contribution is -2.15. The molecule has 0 radical (unpaired) electrons. The average Bonchev–Trinajstić information content (AvgIpc) is 2.76. The van der Waals surface area contributed by atoms with E-state index in [-0.39, 0.29) is 5.41 Å². The van der Waals surface area contributed by atoms with Gasteiger partial charge in [-0.15, -0.1) is 0 Å². The van der Waals surface area contributed by atoms with Crippen LogP contribution in [-0.4, -0.2) is 0 Å². The molecule has 0 atom stereocenters. The smallest absolute Gasteiger partial charge is 0.0317 e. The maximum atomic E-state index is 6.02. The largest absolute Gasteiger partial charge is 0.399 e. The van der Waals surface area contributed by atoms with Crippen LogP contribution in [0.2, 0.25) is 0 Å². The second-order valence-electron chi connectivity index (χ2n) is 6.83. The number of fused-ring (bicyclic) bond motifs is 3. The van der Waals surface area contributed by atoms with Crippen LogP contribution in [0.25, 0.3) is 16.7 Å². The summed E-state index contributed by atoms with van der Waals surface area (Å²) in [5.41, 5.74) is 15.0. The van der Waals surface area contributed by atoms with E-state index in [4.69, 9.17) is 5.73 Å². The summed E-state index contributed by atoms with van der Waals surface area (Å²) in [6.45, 7) is 4.60. The highest BCUT2D eigenvalue weighted by molar-refractivity contribution is 5.85. The first kappa shape index (κ1) is 13.4. The third-order valence-corrected chi connectivity index (χ3v) is 5.03. The summed E-state index contributed by atoms with van der Waals surface area (Å²) in [5.74, 6) is 0. The Hall–Kier alpha value is -2.28. The van der Waals surface area contributed by atoms with Gasteiger partial charge in [0.15, 0.2) is 0 Å².